The highest BCUT2D eigenvalue weighted by atomic mass is 35.5. The van der Waals surface area contributed by atoms with Gasteiger partial charge in [-0.05, 0) is 31.0 Å². The maximum absolute atomic E-state index is 10.1. The number of nitrogens with zero attached hydrogens (tertiary/aromatic N) is 2. The number of carbonyl (C=O) groups excluding carboxylic acids is 1. The summed E-state index contributed by atoms with van der Waals surface area (Å²) in [6.07, 6.45) is 1.52. The Labute approximate surface area is 114 Å². The minimum atomic E-state index is 0.248. The summed E-state index contributed by atoms with van der Waals surface area (Å²) < 4.78 is 0. The molecule has 2 aromatic rings. The zero-order valence-electron chi connectivity index (χ0n) is 9.86. The van der Waals surface area contributed by atoms with Gasteiger partial charge in [0.2, 0.25) is 11.7 Å². The Morgan fingerprint density at radius 2 is 2.28 bits per heavy atom. The second-order valence-electron chi connectivity index (χ2n) is 3.77. The first kappa shape index (κ1) is 13.0. The average molecular weight is 285 g/mol. The van der Waals surface area contributed by atoms with E-state index in [9.17, 15) is 4.79 Å². The van der Waals surface area contributed by atoms with E-state index in [4.69, 9.17) is 11.6 Å². The Morgan fingerprint density at radius 1 is 1.44 bits per heavy atom. The fourth-order valence-corrected chi connectivity index (χ4v) is 2.71. The van der Waals surface area contributed by atoms with E-state index in [-0.39, 0.29) is 5.28 Å². The average Bonchev–Trinajstić information content (AvgIpc) is 2.69. The lowest BCUT2D eigenvalue weighted by Crippen LogP contribution is -2.16. The number of rotatable bonds is 6. The van der Waals surface area contributed by atoms with Crippen molar-refractivity contribution in [3.63, 3.8) is 0 Å². The first-order chi connectivity index (χ1) is 8.70. The molecule has 0 radical (unpaired) electrons. The molecule has 18 heavy (non-hydrogen) atoms. The Bertz CT molecular complexity index is 557. The second kappa shape index (κ2) is 5.97. The molecule has 0 saturated carbocycles. The normalized spacial score (nSPS) is 10.6. The number of anilines is 1. The topological polar surface area (TPSA) is 66.9 Å². The first-order valence-corrected chi connectivity index (χ1v) is 6.74. The van der Waals surface area contributed by atoms with Gasteiger partial charge in [0.25, 0.3) is 0 Å². The highest BCUT2D eigenvalue weighted by Crippen LogP contribution is 2.29. The molecule has 0 unspecified atom stereocenters. The van der Waals surface area contributed by atoms with Crippen molar-refractivity contribution in [3.8, 4) is 0 Å². The monoisotopic (exact) mass is 284 g/mol. The molecule has 96 valence electrons. The molecule has 5 nitrogen and oxygen atoms in total. The van der Waals surface area contributed by atoms with Crippen LogP contribution in [0.4, 0.5) is 5.82 Å². The lowest BCUT2D eigenvalue weighted by Gasteiger charge is -2.06. The van der Waals surface area contributed by atoms with E-state index >= 15 is 0 Å². The fourth-order valence-electron chi connectivity index (χ4n) is 1.61. The number of aromatic nitrogens is 2. The molecule has 0 atom stereocenters. The molecule has 0 spiro atoms. The fraction of sp³-hybridized carbons (Fsp3) is 0.364. The summed E-state index contributed by atoms with van der Waals surface area (Å²) in [5.74, 6) is 0.750. The van der Waals surface area contributed by atoms with Gasteiger partial charge in [-0.1, -0.05) is 0 Å². The van der Waals surface area contributed by atoms with Crippen molar-refractivity contribution in [2.24, 2.45) is 0 Å². The van der Waals surface area contributed by atoms with Crippen molar-refractivity contribution in [1.29, 1.82) is 0 Å². The van der Waals surface area contributed by atoms with Crippen LogP contribution in [0.25, 0.3) is 10.2 Å². The van der Waals surface area contributed by atoms with Crippen LogP contribution in [0, 0.1) is 6.92 Å². The smallest absolute Gasteiger partial charge is 0.225 e. The molecule has 7 heteroatoms. The molecule has 2 heterocycles. The van der Waals surface area contributed by atoms with E-state index < -0.39 is 0 Å². The molecular formula is C11H13ClN4OS. The van der Waals surface area contributed by atoms with E-state index in [0.29, 0.717) is 13.0 Å². The van der Waals surface area contributed by atoms with Crippen molar-refractivity contribution < 1.29 is 4.79 Å². The third-order valence-electron chi connectivity index (χ3n) is 2.36. The van der Waals surface area contributed by atoms with Crippen LogP contribution < -0.4 is 10.6 Å². The molecule has 0 bridgehead atoms. The number of amides is 1. The molecule has 0 aliphatic rings. The zero-order chi connectivity index (χ0) is 13.0. The third-order valence-corrected chi connectivity index (χ3v) is 3.48. The van der Waals surface area contributed by atoms with Gasteiger partial charge in [-0.3, -0.25) is 4.79 Å². The van der Waals surface area contributed by atoms with Crippen molar-refractivity contribution in [2.75, 3.05) is 18.4 Å². The summed E-state index contributed by atoms with van der Waals surface area (Å²) in [4.78, 5) is 20.5. The summed E-state index contributed by atoms with van der Waals surface area (Å²) in [5, 5.41) is 7.06. The Hall–Kier alpha value is -1.40. The van der Waals surface area contributed by atoms with Gasteiger partial charge < -0.3 is 10.6 Å². The number of hydrogen-bond acceptors (Lipinski definition) is 5. The lowest BCUT2D eigenvalue weighted by molar-refractivity contribution is -0.109. The van der Waals surface area contributed by atoms with Crippen LogP contribution in [0.5, 0.6) is 0 Å². The summed E-state index contributed by atoms with van der Waals surface area (Å²) in [7, 11) is 0. The highest BCUT2D eigenvalue weighted by Gasteiger charge is 2.08. The number of carbonyl (C=O) groups is 1. The van der Waals surface area contributed by atoms with E-state index in [0.717, 1.165) is 29.0 Å². The van der Waals surface area contributed by atoms with Crippen LogP contribution in [-0.4, -0.2) is 29.5 Å². The molecule has 0 fully saturated rings. The molecule has 2 N–H and O–H groups in total. The number of thiophene rings is 1. The summed E-state index contributed by atoms with van der Waals surface area (Å²) in [6.45, 7) is 3.39. The van der Waals surface area contributed by atoms with Gasteiger partial charge >= 0.3 is 0 Å². The summed E-state index contributed by atoms with van der Waals surface area (Å²) in [5.41, 5.74) is 0. The molecule has 0 aliphatic carbocycles. The van der Waals surface area contributed by atoms with Gasteiger partial charge in [0.1, 0.15) is 10.6 Å². The third kappa shape index (κ3) is 3.08. The Kier molecular flexibility index (Phi) is 4.33. The molecule has 1 amide bonds. The maximum Gasteiger partial charge on any atom is 0.225 e. The number of nitrogens with one attached hydrogen (secondary N) is 2. The highest BCUT2D eigenvalue weighted by molar-refractivity contribution is 7.18. The maximum atomic E-state index is 10.1. The predicted molar refractivity (Wildman–Crippen MR) is 74.3 cm³/mol. The SMILES string of the molecule is Cc1cc2c(NCCCNC=O)nc(Cl)nc2s1. The Balaban J connectivity index is 2.09. The van der Waals surface area contributed by atoms with E-state index in [1.54, 1.807) is 11.3 Å². The minimum absolute atomic E-state index is 0.248. The molecule has 0 aliphatic heterocycles. The zero-order valence-corrected chi connectivity index (χ0v) is 11.4. The number of hydrogen-bond donors (Lipinski definition) is 2. The first-order valence-electron chi connectivity index (χ1n) is 5.55. The summed E-state index contributed by atoms with van der Waals surface area (Å²) in [6, 6.07) is 2.04. The van der Waals surface area contributed by atoms with Gasteiger partial charge in [0.05, 0.1) is 5.39 Å². The van der Waals surface area contributed by atoms with Crippen LogP contribution in [-0.2, 0) is 4.79 Å². The molecule has 2 aromatic heterocycles. The van der Waals surface area contributed by atoms with E-state index in [1.165, 1.54) is 4.88 Å². The second-order valence-corrected chi connectivity index (χ2v) is 5.34. The number of fused-ring (bicyclic) bond motifs is 1. The molecule has 0 saturated heterocycles. The number of halogens is 1. The van der Waals surface area contributed by atoms with Crippen LogP contribution in [0.1, 0.15) is 11.3 Å². The molecule has 0 aromatic carbocycles. The van der Waals surface area contributed by atoms with Crippen LogP contribution in [0.15, 0.2) is 6.07 Å². The predicted octanol–water partition coefficient (Wildman–Crippen LogP) is 2.20. The standard InChI is InChI=1S/C11H13ClN4OS/c1-7-5-8-9(14-4-2-3-13-6-17)15-11(12)16-10(8)18-7/h5-6H,2-4H2,1H3,(H,13,17)(H,14,15,16). The van der Waals surface area contributed by atoms with Crippen LogP contribution in [0.3, 0.4) is 0 Å². The minimum Gasteiger partial charge on any atom is -0.369 e. The number of aryl methyl sites for hydroxylation is 1. The van der Waals surface area contributed by atoms with Gasteiger partial charge in [-0.2, -0.15) is 0 Å². The van der Waals surface area contributed by atoms with E-state index in [1.807, 2.05) is 13.0 Å². The molecular weight excluding hydrogens is 272 g/mol. The van der Waals surface area contributed by atoms with Gasteiger partial charge in [0, 0.05) is 18.0 Å². The van der Waals surface area contributed by atoms with Gasteiger partial charge in [0.15, 0.2) is 0 Å². The van der Waals surface area contributed by atoms with E-state index in [2.05, 4.69) is 20.6 Å². The van der Waals surface area contributed by atoms with Gasteiger partial charge in [-0.15, -0.1) is 11.3 Å². The van der Waals surface area contributed by atoms with Crippen molar-refractivity contribution >= 4 is 45.4 Å². The van der Waals surface area contributed by atoms with Crippen molar-refractivity contribution in [1.82, 2.24) is 15.3 Å². The largest absolute Gasteiger partial charge is 0.369 e. The Morgan fingerprint density at radius 3 is 3.06 bits per heavy atom. The van der Waals surface area contributed by atoms with Crippen molar-refractivity contribution in [2.45, 2.75) is 13.3 Å². The van der Waals surface area contributed by atoms with Crippen molar-refractivity contribution in [3.05, 3.63) is 16.2 Å². The quantitative estimate of drug-likeness (QED) is 0.485. The summed E-state index contributed by atoms with van der Waals surface area (Å²) >= 11 is 7.47. The van der Waals surface area contributed by atoms with Crippen LogP contribution >= 0.6 is 22.9 Å². The lowest BCUT2D eigenvalue weighted by atomic mass is 10.3. The van der Waals surface area contributed by atoms with Gasteiger partial charge in [-0.25, -0.2) is 9.97 Å². The molecule has 2 rings (SSSR count). The van der Waals surface area contributed by atoms with Crippen LogP contribution in [0.2, 0.25) is 5.28 Å².